The van der Waals surface area contributed by atoms with Gasteiger partial charge < -0.3 is 19.9 Å². The Labute approximate surface area is 253 Å². The lowest BCUT2D eigenvalue weighted by atomic mass is 9.74. The summed E-state index contributed by atoms with van der Waals surface area (Å²) in [5.41, 5.74) is -2.12. The van der Waals surface area contributed by atoms with Crippen LogP contribution in [0.1, 0.15) is 84.0 Å². The Bertz CT molecular complexity index is 1160. The van der Waals surface area contributed by atoms with E-state index in [-0.39, 0.29) is 25.0 Å². The number of alkyl carbamates (subject to hydrolysis) is 1. The Balaban J connectivity index is 2.76. The largest absolute Gasteiger partial charge is 0.481 e. The fourth-order valence-electron chi connectivity index (χ4n) is 4.19. The van der Waals surface area contributed by atoms with Gasteiger partial charge in [-0.2, -0.15) is 43.5 Å². The molecule has 0 aliphatic heterocycles. The van der Waals surface area contributed by atoms with Gasteiger partial charge in [0.15, 0.2) is 0 Å². The number of carboxylic acids is 1. The number of unbranched alkanes of at least 4 members (excludes halogenated alkanes) is 7. The van der Waals surface area contributed by atoms with Gasteiger partial charge in [0.1, 0.15) is 5.54 Å². The number of halogens is 8. The summed E-state index contributed by atoms with van der Waals surface area (Å²) in [5.74, 6) is -7.77. The minimum Gasteiger partial charge on any atom is -0.481 e. The number of ether oxygens (including phenoxy) is 3. The third kappa shape index (κ3) is 10.9. The van der Waals surface area contributed by atoms with Crippen molar-refractivity contribution >= 4 is 28.1 Å². The van der Waals surface area contributed by atoms with Crippen LogP contribution in [0.2, 0.25) is 0 Å². The van der Waals surface area contributed by atoms with Crippen molar-refractivity contribution in [3.8, 4) is 0 Å². The molecule has 20 heteroatoms. The van der Waals surface area contributed by atoms with Crippen molar-refractivity contribution in [1.82, 2.24) is 5.32 Å². The molecule has 0 atom stereocenters. The van der Waals surface area contributed by atoms with Crippen LogP contribution in [0.15, 0.2) is 12.3 Å². The van der Waals surface area contributed by atoms with Crippen LogP contribution in [-0.2, 0) is 38.1 Å². The highest BCUT2D eigenvalue weighted by atomic mass is 32.2. The fourth-order valence-corrected chi connectivity index (χ4v) is 5.14. The van der Waals surface area contributed by atoms with E-state index in [4.69, 9.17) is 5.11 Å². The fraction of sp³-hybridized carbons (Fsp3) is 0.800. The van der Waals surface area contributed by atoms with Crippen molar-refractivity contribution in [3.63, 3.8) is 0 Å². The van der Waals surface area contributed by atoms with Crippen molar-refractivity contribution in [2.75, 3.05) is 7.11 Å². The molecular formula is C25H35F8NO10S. The van der Waals surface area contributed by atoms with Crippen molar-refractivity contribution in [3.05, 3.63) is 12.3 Å². The molecule has 1 aliphatic rings. The normalized spacial score (nSPS) is 19.4. The van der Waals surface area contributed by atoms with Crippen LogP contribution in [0.3, 0.4) is 0 Å². The molecule has 0 saturated heterocycles. The molecule has 45 heavy (non-hydrogen) atoms. The average molecular weight is 694 g/mol. The van der Waals surface area contributed by atoms with E-state index < -0.39 is 88.9 Å². The van der Waals surface area contributed by atoms with Crippen molar-refractivity contribution < 1.29 is 81.4 Å². The van der Waals surface area contributed by atoms with E-state index in [1.165, 1.54) is 6.92 Å². The molecule has 11 nitrogen and oxygen atoms in total. The monoisotopic (exact) mass is 693 g/mol. The second-order valence-corrected chi connectivity index (χ2v) is 12.1. The van der Waals surface area contributed by atoms with Crippen molar-refractivity contribution in [1.29, 1.82) is 0 Å². The molecule has 1 fully saturated rings. The predicted molar refractivity (Wildman–Crippen MR) is 137 cm³/mol. The van der Waals surface area contributed by atoms with E-state index in [0.717, 1.165) is 7.11 Å². The average Bonchev–Trinajstić information content (AvgIpc) is 2.86. The number of methoxy groups -OCH3 is 1. The molecule has 0 spiro atoms. The van der Waals surface area contributed by atoms with Gasteiger partial charge in [-0.05, 0) is 19.8 Å². The van der Waals surface area contributed by atoms with Gasteiger partial charge in [-0.3, -0.25) is 8.98 Å². The second kappa shape index (κ2) is 15.7. The van der Waals surface area contributed by atoms with E-state index in [2.05, 4.69) is 25.0 Å². The van der Waals surface area contributed by atoms with Gasteiger partial charge in [-0.1, -0.05) is 45.1 Å². The molecule has 0 aromatic heterocycles. The van der Waals surface area contributed by atoms with Gasteiger partial charge in [0.25, 0.3) is 0 Å². The topological polar surface area (TPSA) is 155 Å². The van der Waals surface area contributed by atoms with Gasteiger partial charge in [0.2, 0.25) is 0 Å². The van der Waals surface area contributed by atoms with Gasteiger partial charge in [-0.15, -0.1) is 0 Å². The molecule has 1 aliphatic carbocycles. The van der Waals surface area contributed by atoms with Crippen LogP contribution in [0, 0.1) is 0 Å². The number of alkyl halides is 8. The third-order valence-electron chi connectivity index (χ3n) is 6.57. The van der Waals surface area contributed by atoms with Gasteiger partial charge >= 0.3 is 51.5 Å². The zero-order chi connectivity index (χ0) is 34.9. The molecular weight excluding hydrogens is 658 g/mol. The minimum atomic E-state index is -6.89. The molecule has 0 heterocycles. The summed E-state index contributed by atoms with van der Waals surface area (Å²) in [6.07, 6.45) is -17.7. The van der Waals surface area contributed by atoms with Crippen LogP contribution in [0.25, 0.3) is 0 Å². The number of amides is 1. The smallest absolute Gasteiger partial charge is 0.460 e. The van der Waals surface area contributed by atoms with Gasteiger partial charge in [-0.25, -0.2) is 14.3 Å². The lowest BCUT2D eigenvalue weighted by Gasteiger charge is -2.44. The summed E-state index contributed by atoms with van der Waals surface area (Å²) in [5, 5.41) is 3.86. The highest BCUT2D eigenvalue weighted by Gasteiger charge is 2.75. The summed E-state index contributed by atoms with van der Waals surface area (Å²) in [6, 6.07) is 0. The molecule has 0 radical (unpaired) electrons. The maximum Gasteiger partial charge on any atom is 0.460 e. The van der Waals surface area contributed by atoms with Crippen LogP contribution in [0.4, 0.5) is 39.9 Å². The van der Waals surface area contributed by atoms with Crippen LogP contribution in [-0.4, -0.2) is 73.7 Å². The number of carbonyl (C=O) groups excluding carboxylic acids is 2. The SMILES string of the molecule is C=C(C)OC(=O)NC1(C(=O)OC)CC(OS(=O)(=O)C(F)(F)C(F)(F)OC(F)(F)C(F)(F)CCCCCCCCCCC(=O)O)C1. The summed E-state index contributed by atoms with van der Waals surface area (Å²) < 4.78 is 153. The number of hydrogen-bond acceptors (Lipinski definition) is 9. The molecule has 1 saturated carbocycles. The maximum absolute atomic E-state index is 14.3. The predicted octanol–water partition coefficient (Wildman–Crippen LogP) is 6.08. The molecule has 0 aromatic carbocycles. The number of hydrogen-bond donors (Lipinski definition) is 2. The van der Waals surface area contributed by atoms with E-state index in [1.54, 1.807) is 0 Å². The zero-order valence-electron chi connectivity index (χ0n) is 24.3. The van der Waals surface area contributed by atoms with Crippen molar-refractivity contribution in [2.45, 2.75) is 119 Å². The first-order valence-corrected chi connectivity index (χ1v) is 15.0. The first-order valence-electron chi connectivity index (χ1n) is 13.6. The molecule has 262 valence electrons. The van der Waals surface area contributed by atoms with E-state index >= 15 is 0 Å². The van der Waals surface area contributed by atoms with Crippen molar-refractivity contribution in [2.24, 2.45) is 0 Å². The molecule has 0 aromatic rings. The number of nitrogens with one attached hydrogen (secondary N) is 1. The highest BCUT2D eigenvalue weighted by Crippen LogP contribution is 2.49. The first kappa shape index (κ1) is 40.3. The number of rotatable bonds is 21. The Morgan fingerprint density at radius 1 is 0.889 bits per heavy atom. The number of carbonyl (C=O) groups is 3. The standard InChI is InChI=1S/C25H35F8NO10S/c1-16(2)42-20(38)34-21(19(37)41-3)14-17(15-21)43-45(39,40)25(32,33)24(30,31)44-23(28,29)22(26,27)13-11-9-7-5-4-6-8-10-12-18(35)36/h17H,1,4-15H2,2-3H3,(H,34,38)(H,35,36). The molecule has 1 amide bonds. The quantitative estimate of drug-likeness (QED) is 0.0475. The molecule has 0 bridgehead atoms. The second-order valence-electron chi connectivity index (χ2n) is 10.4. The molecule has 0 unspecified atom stereocenters. The number of carboxylic acid groups (broad SMARTS) is 1. The van der Waals surface area contributed by atoms with Gasteiger partial charge in [0.05, 0.1) is 19.0 Å². The number of allylic oxidation sites excluding steroid dienone is 1. The summed E-state index contributed by atoms with van der Waals surface area (Å²) in [4.78, 5) is 34.3. The summed E-state index contributed by atoms with van der Waals surface area (Å²) >= 11 is 0. The zero-order valence-corrected chi connectivity index (χ0v) is 25.1. The Morgan fingerprint density at radius 2 is 1.38 bits per heavy atom. The number of esters is 1. The van der Waals surface area contributed by atoms with Gasteiger partial charge in [0, 0.05) is 25.7 Å². The van der Waals surface area contributed by atoms with Crippen LogP contribution < -0.4 is 5.32 Å². The van der Waals surface area contributed by atoms with E-state index in [9.17, 15) is 57.9 Å². The lowest BCUT2D eigenvalue weighted by molar-refractivity contribution is -0.456. The van der Waals surface area contributed by atoms with Crippen LogP contribution >= 0.6 is 0 Å². The molecule has 1 rings (SSSR count). The maximum atomic E-state index is 14.3. The minimum absolute atomic E-state index is 0.0128. The van der Waals surface area contributed by atoms with E-state index in [0.29, 0.717) is 32.1 Å². The summed E-state index contributed by atoms with van der Waals surface area (Å²) in [6.45, 7) is 4.47. The first-order chi connectivity index (χ1) is 20.5. The molecule has 2 N–H and O–H groups in total. The highest BCUT2D eigenvalue weighted by molar-refractivity contribution is 7.87. The lowest BCUT2D eigenvalue weighted by Crippen LogP contribution is -2.66. The Hall–Kier alpha value is -2.74. The third-order valence-corrected chi connectivity index (χ3v) is 7.96. The van der Waals surface area contributed by atoms with E-state index in [1.807, 2.05) is 5.32 Å². The van der Waals surface area contributed by atoms with Crippen LogP contribution in [0.5, 0.6) is 0 Å². The Kier molecular flexibility index (Phi) is 14.1. The summed E-state index contributed by atoms with van der Waals surface area (Å²) in [7, 11) is -6.06. The number of aliphatic carboxylic acids is 1. The Morgan fingerprint density at radius 3 is 1.84 bits per heavy atom.